The van der Waals surface area contributed by atoms with Crippen molar-refractivity contribution in [2.24, 2.45) is 0 Å². The molecule has 1 aliphatic rings. The van der Waals surface area contributed by atoms with E-state index >= 15 is 0 Å². The first kappa shape index (κ1) is 16.8. The third kappa shape index (κ3) is 4.50. The standard InChI is InChI=1S/C19H18O6/c1-13-3-2-4-15(9-13)22-8-7-19(21)23-11-16(20)14-5-6-17-18(10-14)25-12-24-17/h2-6,9-10H,7-8,11-12H2,1H3. The summed E-state index contributed by atoms with van der Waals surface area (Å²) in [5.74, 6) is 1.03. The molecule has 2 aromatic carbocycles. The molecule has 6 heteroatoms. The fourth-order valence-corrected chi connectivity index (χ4v) is 2.33. The molecule has 130 valence electrons. The Bertz CT molecular complexity index is 783. The number of esters is 1. The van der Waals surface area contributed by atoms with Gasteiger partial charge in [-0.1, -0.05) is 12.1 Å². The zero-order valence-electron chi connectivity index (χ0n) is 13.8. The molecular formula is C19H18O6. The van der Waals surface area contributed by atoms with Gasteiger partial charge in [0, 0.05) is 5.56 Å². The lowest BCUT2D eigenvalue weighted by Crippen LogP contribution is -2.16. The van der Waals surface area contributed by atoms with E-state index < -0.39 is 5.97 Å². The Morgan fingerprint density at radius 2 is 1.92 bits per heavy atom. The molecule has 0 N–H and O–H groups in total. The Kier molecular flexibility index (Phi) is 5.18. The van der Waals surface area contributed by atoms with Crippen LogP contribution in [-0.4, -0.2) is 31.8 Å². The van der Waals surface area contributed by atoms with Crippen molar-refractivity contribution in [1.82, 2.24) is 0 Å². The second kappa shape index (κ2) is 7.70. The molecule has 0 atom stereocenters. The smallest absolute Gasteiger partial charge is 0.309 e. The van der Waals surface area contributed by atoms with Gasteiger partial charge in [-0.3, -0.25) is 9.59 Å². The van der Waals surface area contributed by atoms with Crippen molar-refractivity contribution in [3.8, 4) is 17.2 Å². The average molecular weight is 342 g/mol. The summed E-state index contributed by atoms with van der Waals surface area (Å²) in [6.45, 7) is 1.98. The van der Waals surface area contributed by atoms with Gasteiger partial charge >= 0.3 is 5.97 Å². The average Bonchev–Trinajstić information content (AvgIpc) is 3.07. The van der Waals surface area contributed by atoms with Gasteiger partial charge in [0.15, 0.2) is 23.9 Å². The summed E-state index contributed by atoms with van der Waals surface area (Å²) in [6, 6.07) is 12.4. The summed E-state index contributed by atoms with van der Waals surface area (Å²) in [5, 5.41) is 0. The van der Waals surface area contributed by atoms with Crippen molar-refractivity contribution in [3.05, 3.63) is 53.6 Å². The van der Waals surface area contributed by atoms with Crippen molar-refractivity contribution in [1.29, 1.82) is 0 Å². The largest absolute Gasteiger partial charge is 0.493 e. The third-order valence-corrected chi connectivity index (χ3v) is 3.62. The summed E-state index contributed by atoms with van der Waals surface area (Å²) in [4.78, 5) is 23.8. The highest BCUT2D eigenvalue weighted by Gasteiger charge is 2.17. The van der Waals surface area contributed by atoms with Crippen LogP contribution in [0, 0.1) is 6.92 Å². The molecule has 1 aliphatic heterocycles. The molecule has 2 aromatic rings. The SMILES string of the molecule is Cc1cccc(OCCC(=O)OCC(=O)c2ccc3c(c2)OCO3)c1. The quantitative estimate of drug-likeness (QED) is 0.569. The number of fused-ring (bicyclic) bond motifs is 1. The second-order valence-electron chi connectivity index (χ2n) is 5.57. The molecule has 0 unspecified atom stereocenters. The molecule has 0 bridgehead atoms. The summed E-state index contributed by atoms with van der Waals surface area (Å²) < 4.78 is 20.9. The van der Waals surface area contributed by atoms with Crippen LogP contribution >= 0.6 is 0 Å². The van der Waals surface area contributed by atoms with Crippen molar-refractivity contribution in [2.45, 2.75) is 13.3 Å². The number of rotatable bonds is 7. The lowest BCUT2D eigenvalue weighted by Gasteiger charge is -2.07. The molecule has 0 saturated carbocycles. The van der Waals surface area contributed by atoms with Gasteiger partial charge in [-0.25, -0.2) is 0 Å². The number of carbonyl (C=O) groups excluding carboxylic acids is 2. The van der Waals surface area contributed by atoms with Crippen molar-refractivity contribution < 1.29 is 28.5 Å². The van der Waals surface area contributed by atoms with Crippen molar-refractivity contribution >= 4 is 11.8 Å². The predicted molar refractivity (Wildman–Crippen MR) is 89.1 cm³/mol. The van der Waals surface area contributed by atoms with E-state index in [4.69, 9.17) is 18.9 Å². The van der Waals surface area contributed by atoms with E-state index in [1.54, 1.807) is 18.2 Å². The Morgan fingerprint density at radius 3 is 2.76 bits per heavy atom. The fraction of sp³-hybridized carbons (Fsp3) is 0.263. The topological polar surface area (TPSA) is 71.1 Å². The van der Waals surface area contributed by atoms with Gasteiger partial charge in [0.05, 0.1) is 13.0 Å². The maximum Gasteiger partial charge on any atom is 0.309 e. The Morgan fingerprint density at radius 1 is 1.08 bits per heavy atom. The number of Topliss-reactive ketones (excluding diaryl/α,β-unsaturated/α-hetero) is 1. The number of hydrogen-bond donors (Lipinski definition) is 0. The number of ether oxygens (including phenoxy) is 4. The van der Waals surface area contributed by atoms with Gasteiger partial charge in [0.2, 0.25) is 6.79 Å². The van der Waals surface area contributed by atoms with E-state index in [9.17, 15) is 9.59 Å². The normalized spacial score (nSPS) is 11.9. The van der Waals surface area contributed by atoms with E-state index in [0.717, 1.165) is 5.56 Å². The molecule has 0 saturated heterocycles. The zero-order chi connectivity index (χ0) is 17.6. The van der Waals surface area contributed by atoms with Crippen molar-refractivity contribution in [2.75, 3.05) is 20.0 Å². The maximum absolute atomic E-state index is 12.1. The van der Waals surface area contributed by atoms with E-state index in [1.165, 1.54) is 0 Å². The van der Waals surface area contributed by atoms with E-state index in [-0.39, 0.29) is 32.2 Å². The first-order valence-electron chi connectivity index (χ1n) is 7.90. The molecule has 25 heavy (non-hydrogen) atoms. The minimum absolute atomic E-state index is 0.0718. The molecule has 1 heterocycles. The predicted octanol–water partition coefficient (Wildman–Crippen LogP) is 2.92. The molecule has 0 radical (unpaired) electrons. The minimum atomic E-state index is -0.484. The van der Waals surface area contributed by atoms with Gasteiger partial charge in [0.1, 0.15) is 5.75 Å². The van der Waals surface area contributed by atoms with Crippen LogP contribution in [0.1, 0.15) is 22.3 Å². The number of ketones is 1. The van der Waals surface area contributed by atoms with Crippen LogP contribution in [0.2, 0.25) is 0 Å². The summed E-state index contributed by atoms with van der Waals surface area (Å²) in [7, 11) is 0. The second-order valence-corrected chi connectivity index (χ2v) is 5.57. The number of benzene rings is 2. The maximum atomic E-state index is 12.1. The van der Waals surface area contributed by atoms with Gasteiger partial charge in [0.25, 0.3) is 0 Å². The third-order valence-electron chi connectivity index (χ3n) is 3.62. The van der Waals surface area contributed by atoms with Gasteiger partial charge in [-0.15, -0.1) is 0 Å². The van der Waals surface area contributed by atoms with Crippen LogP contribution in [-0.2, 0) is 9.53 Å². The van der Waals surface area contributed by atoms with E-state index in [1.807, 2.05) is 31.2 Å². The Hall–Kier alpha value is -3.02. The van der Waals surface area contributed by atoms with Gasteiger partial charge in [-0.05, 0) is 42.8 Å². The highest BCUT2D eigenvalue weighted by Crippen LogP contribution is 2.32. The molecule has 0 aliphatic carbocycles. The molecular weight excluding hydrogens is 324 g/mol. The van der Waals surface area contributed by atoms with Gasteiger partial charge < -0.3 is 18.9 Å². The molecule has 6 nitrogen and oxygen atoms in total. The summed E-state index contributed by atoms with van der Waals surface area (Å²) in [5.41, 5.74) is 1.49. The molecule has 0 amide bonds. The Balaban J connectivity index is 1.42. The van der Waals surface area contributed by atoms with Crippen LogP contribution in [0.25, 0.3) is 0 Å². The zero-order valence-corrected chi connectivity index (χ0v) is 13.8. The van der Waals surface area contributed by atoms with Crippen LogP contribution in [0.3, 0.4) is 0 Å². The lowest BCUT2D eigenvalue weighted by atomic mass is 10.1. The highest BCUT2D eigenvalue weighted by atomic mass is 16.7. The van der Waals surface area contributed by atoms with Gasteiger partial charge in [-0.2, -0.15) is 0 Å². The van der Waals surface area contributed by atoms with Crippen LogP contribution in [0.15, 0.2) is 42.5 Å². The Labute approximate surface area is 145 Å². The first-order valence-corrected chi connectivity index (χ1v) is 7.90. The molecule has 3 rings (SSSR count). The number of hydrogen-bond acceptors (Lipinski definition) is 6. The highest BCUT2D eigenvalue weighted by molar-refractivity contribution is 5.98. The fourth-order valence-electron chi connectivity index (χ4n) is 2.33. The number of carbonyl (C=O) groups is 2. The first-order chi connectivity index (χ1) is 12.1. The van der Waals surface area contributed by atoms with E-state index in [0.29, 0.717) is 22.8 Å². The minimum Gasteiger partial charge on any atom is -0.493 e. The lowest BCUT2D eigenvalue weighted by molar-refractivity contribution is -0.143. The van der Waals surface area contributed by atoms with Crippen LogP contribution in [0.5, 0.6) is 17.2 Å². The van der Waals surface area contributed by atoms with E-state index in [2.05, 4.69) is 0 Å². The van der Waals surface area contributed by atoms with Crippen molar-refractivity contribution in [3.63, 3.8) is 0 Å². The van der Waals surface area contributed by atoms with Crippen LogP contribution < -0.4 is 14.2 Å². The molecule has 0 spiro atoms. The summed E-state index contributed by atoms with van der Waals surface area (Å²) in [6.07, 6.45) is 0.0718. The monoisotopic (exact) mass is 342 g/mol. The summed E-state index contributed by atoms with van der Waals surface area (Å²) >= 11 is 0. The molecule has 0 fully saturated rings. The number of aryl methyl sites for hydroxylation is 1. The molecule has 0 aromatic heterocycles. The van der Waals surface area contributed by atoms with Crippen LogP contribution in [0.4, 0.5) is 0 Å².